The molecule has 0 amide bonds. The Labute approximate surface area is 98.5 Å². The second-order valence-corrected chi connectivity index (χ2v) is 4.52. The molecule has 1 aliphatic heterocycles. The van der Waals surface area contributed by atoms with E-state index in [1.54, 1.807) is 14.0 Å². The van der Waals surface area contributed by atoms with Gasteiger partial charge in [-0.1, -0.05) is 0 Å². The van der Waals surface area contributed by atoms with E-state index in [0.717, 1.165) is 45.8 Å². The summed E-state index contributed by atoms with van der Waals surface area (Å²) < 4.78 is 5.03. The van der Waals surface area contributed by atoms with Gasteiger partial charge >= 0.3 is 0 Å². The predicted octanol–water partition coefficient (Wildman–Crippen LogP) is 0.620. The van der Waals surface area contributed by atoms with E-state index in [-0.39, 0.29) is 5.78 Å². The molecule has 0 unspecified atom stereocenters. The van der Waals surface area contributed by atoms with Crippen molar-refractivity contribution < 1.29 is 9.53 Å². The molecule has 16 heavy (non-hydrogen) atoms. The van der Waals surface area contributed by atoms with Crippen LogP contribution in [0.5, 0.6) is 0 Å². The molecule has 1 heterocycles. The summed E-state index contributed by atoms with van der Waals surface area (Å²) in [5, 5.41) is 0. The fourth-order valence-electron chi connectivity index (χ4n) is 2.07. The molecule has 0 aromatic carbocycles. The Balaban J connectivity index is 2.05. The SMILES string of the molecule is COCCCCN1CCN(CC(C)=O)CC1. The van der Waals surface area contributed by atoms with Gasteiger partial charge in [-0.25, -0.2) is 0 Å². The molecule has 4 nitrogen and oxygen atoms in total. The molecule has 1 fully saturated rings. The van der Waals surface area contributed by atoms with Crippen LogP contribution >= 0.6 is 0 Å². The number of methoxy groups -OCH3 is 1. The molecule has 0 aliphatic carbocycles. The van der Waals surface area contributed by atoms with E-state index < -0.39 is 0 Å². The van der Waals surface area contributed by atoms with Crippen LogP contribution < -0.4 is 0 Å². The zero-order valence-corrected chi connectivity index (χ0v) is 10.6. The van der Waals surface area contributed by atoms with Crippen molar-refractivity contribution >= 4 is 5.78 Å². The quantitative estimate of drug-likeness (QED) is 0.598. The highest BCUT2D eigenvalue weighted by atomic mass is 16.5. The number of rotatable bonds is 7. The standard InChI is InChI=1S/C12H24N2O2/c1-12(15)11-14-8-6-13(7-9-14)5-3-4-10-16-2/h3-11H2,1-2H3. The average Bonchev–Trinajstić information content (AvgIpc) is 2.26. The number of unbranched alkanes of at least 4 members (excludes halogenated alkanes) is 1. The Morgan fingerprint density at radius 3 is 2.31 bits per heavy atom. The highest BCUT2D eigenvalue weighted by molar-refractivity contribution is 5.77. The summed E-state index contributed by atoms with van der Waals surface area (Å²) in [5.74, 6) is 0.272. The van der Waals surface area contributed by atoms with Crippen molar-refractivity contribution in [1.82, 2.24) is 9.80 Å². The van der Waals surface area contributed by atoms with E-state index in [1.807, 2.05) is 0 Å². The molecule has 0 aromatic rings. The molecule has 1 saturated heterocycles. The summed E-state index contributed by atoms with van der Waals surface area (Å²) >= 11 is 0. The summed E-state index contributed by atoms with van der Waals surface area (Å²) in [6.45, 7) is 8.57. The van der Waals surface area contributed by atoms with E-state index in [0.29, 0.717) is 6.54 Å². The lowest BCUT2D eigenvalue weighted by atomic mass is 10.2. The largest absolute Gasteiger partial charge is 0.385 e. The number of hydrogen-bond donors (Lipinski definition) is 0. The van der Waals surface area contributed by atoms with Gasteiger partial charge in [0.05, 0.1) is 6.54 Å². The molecule has 0 bridgehead atoms. The maximum Gasteiger partial charge on any atom is 0.143 e. The highest BCUT2D eigenvalue weighted by Gasteiger charge is 2.16. The van der Waals surface area contributed by atoms with Crippen LogP contribution in [0.15, 0.2) is 0 Å². The van der Waals surface area contributed by atoms with Crippen molar-refractivity contribution in [3.05, 3.63) is 0 Å². The molecule has 0 spiro atoms. The zero-order valence-electron chi connectivity index (χ0n) is 10.6. The maximum absolute atomic E-state index is 11.0. The number of Topliss-reactive ketones (excluding diaryl/α,β-unsaturated/α-hetero) is 1. The maximum atomic E-state index is 11.0. The minimum Gasteiger partial charge on any atom is -0.385 e. The fraction of sp³-hybridized carbons (Fsp3) is 0.917. The Morgan fingerprint density at radius 1 is 1.12 bits per heavy atom. The molecule has 0 N–H and O–H groups in total. The van der Waals surface area contributed by atoms with Crippen molar-refractivity contribution in [2.24, 2.45) is 0 Å². The number of piperazine rings is 1. The van der Waals surface area contributed by atoms with Gasteiger partial charge in [0.2, 0.25) is 0 Å². The molecule has 1 aliphatic rings. The molecule has 0 radical (unpaired) electrons. The topological polar surface area (TPSA) is 32.8 Å². The lowest BCUT2D eigenvalue weighted by molar-refractivity contribution is -0.118. The molecule has 94 valence electrons. The number of nitrogens with zero attached hydrogens (tertiary/aromatic N) is 2. The number of carbonyl (C=O) groups excluding carboxylic acids is 1. The van der Waals surface area contributed by atoms with Crippen molar-refractivity contribution in [3.8, 4) is 0 Å². The summed E-state index contributed by atoms with van der Waals surface area (Å²) in [5.41, 5.74) is 0. The summed E-state index contributed by atoms with van der Waals surface area (Å²) in [4.78, 5) is 15.7. The van der Waals surface area contributed by atoms with Gasteiger partial charge in [0.1, 0.15) is 5.78 Å². The monoisotopic (exact) mass is 228 g/mol. The Morgan fingerprint density at radius 2 is 1.75 bits per heavy atom. The van der Waals surface area contributed by atoms with Crippen molar-refractivity contribution in [2.45, 2.75) is 19.8 Å². The first kappa shape index (κ1) is 13.6. The molecule has 4 heteroatoms. The van der Waals surface area contributed by atoms with Crippen molar-refractivity contribution in [1.29, 1.82) is 0 Å². The lowest BCUT2D eigenvalue weighted by Gasteiger charge is -2.34. The molecule has 0 atom stereocenters. The predicted molar refractivity (Wildman–Crippen MR) is 64.7 cm³/mol. The van der Waals surface area contributed by atoms with Gasteiger partial charge in [0.15, 0.2) is 0 Å². The van der Waals surface area contributed by atoms with Gasteiger partial charge in [0, 0.05) is 39.9 Å². The van der Waals surface area contributed by atoms with Gasteiger partial charge in [-0.15, -0.1) is 0 Å². The number of ether oxygens (including phenoxy) is 1. The molecule has 0 saturated carbocycles. The Kier molecular flexibility index (Phi) is 6.61. The van der Waals surface area contributed by atoms with E-state index in [2.05, 4.69) is 9.80 Å². The molecular formula is C12H24N2O2. The van der Waals surface area contributed by atoms with Crippen molar-refractivity contribution in [3.63, 3.8) is 0 Å². The van der Waals surface area contributed by atoms with E-state index in [1.165, 1.54) is 6.42 Å². The third-order valence-electron chi connectivity index (χ3n) is 2.98. The lowest BCUT2D eigenvalue weighted by Crippen LogP contribution is -2.47. The van der Waals surface area contributed by atoms with Crippen LogP contribution in [-0.2, 0) is 9.53 Å². The van der Waals surface area contributed by atoms with Crippen LogP contribution in [0.3, 0.4) is 0 Å². The van der Waals surface area contributed by atoms with Crippen LogP contribution in [0.4, 0.5) is 0 Å². The minimum absolute atomic E-state index is 0.272. The second-order valence-electron chi connectivity index (χ2n) is 4.52. The molecule has 0 aromatic heterocycles. The van der Waals surface area contributed by atoms with Gasteiger partial charge in [-0.05, 0) is 26.3 Å². The third-order valence-corrected chi connectivity index (χ3v) is 2.98. The van der Waals surface area contributed by atoms with Gasteiger partial charge in [-0.3, -0.25) is 9.69 Å². The number of hydrogen-bond acceptors (Lipinski definition) is 4. The fourth-order valence-corrected chi connectivity index (χ4v) is 2.07. The van der Waals surface area contributed by atoms with Crippen molar-refractivity contribution in [2.75, 3.05) is 53.0 Å². The van der Waals surface area contributed by atoms with E-state index in [4.69, 9.17) is 4.74 Å². The van der Waals surface area contributed by atoms with Crippen LogP contribution in [0.2, 0.25) is 0 Å². The molecule has 1 rings (SSSR count). The average molecular weight is 228 g/mol. The van der Waals surface area contributed by atoms with E-state index in [9.17, 15) is 4.79 Å². The van der Waals surface area contributed by atoms with Crippen LogP contribution in [0.1, 0.15) is 19.8 Å². The highest BCUT2D eigenvalue weighted by Crippen LogP contribution is 2.03. The summed E-state index contributed by atoms with van der Waals surface area (Å²) in [6, 6.07) is 0. The van der Waals surface area contributed by atoms with E-state index >= 15 is 0 Å². The summed E-state index contributed by atoms with van der Waals surface area (Å²) in [7, 11) is 1.75. The second kappa shape index (κ2) is 7.76. The molecular weight excluding hydrogens is 204 g/mol. The Hall–Kier alpha value is -0.450. The van der Waals surface area contributed by atoms with Crippen LogP contribution in [0.25, 0.3) is 0 Å². The van der Waals surface area contributed by atoms with Crippen LogP contribution in [0, 0.1) is 0 Å². The number of carbonyl (C=O) groups is 1. The first-order valence-corrected chi connectivity index (χ1v) is 6.15. The van der Waals surface area contributed by atoms with Gasteiger partial charge in [-0.2, -0.15) is 0 Å². The Bertz CT molecular complexity index is 201. The number of ketones is 1. The normalized spacial score (nSPS) is 18.9. The zero-order chi connectivity index (χ0) is 11.8. The van der Waals surface area contributed by atoms with Gasteiger partial charge in [0.25, 0.3) is 0 Å². The van der Waals surface area contributed by atoms with Crippen LogP contribution in [-0.4, -0.2) is 68.6 Å². The van der Waals surface area contributed by atoms with Gasteiger partial charge < -0.3 is 9.64 Å². The first-order chi connectivity index (χ1) is 7.72. The smallest absolute Gasteiger partial charge is 0.143 e. The first-order valence-electron chi connectivity index (χ1n) is 6.15. The third kappa shape index (κ3) is 5.58. The minimum atomic E-state index is 0.272. The summed E-state index contributed by atoms with van der Waals surface area (Å²) in [6.07, 6.45) is 2.35.